The Balaban J connectivity index is 2.14. The van der Waals surface area contributed by atoms with Crippen LogP contribution in [0.1, 0.15) is 18.7 Å². The number of esters is 1. The second kappa shape index (κ2) is 8.05. The third kappa shape index (κ3) is 3.56. The number of fused-ring (bicyclic) bond motifs is 1. The van der Waals surface area contributed by atoms with Crippen LogP contribution in [0.5, 0.6) is 0 Å². The van der Waals surface area contributed by atoms with Gasteiger partial charge in [0.25, 0.3) is 0 Å². The lowest BCUT2D eigenvalue weighted by molar-refractivity contribution is -0.147. The molecular weight excluding hydrogens is 481 g/mol. The summed E-state index contributed by atoms with van der Waals surface area (Å²) in [7, 11) is 0. The largest absolute Gasteiger partial charge is 0.463 e. The zero-order valence-electron chi connectivity index (χ0n) is 14.3. The minimum absolute atomic E-state index is 0.210. The molecule has 12 heteroatoms. The Bertz CT molecular complexity index is 966. The molecule has 1 aliphatic rings. The Kier molecular flexibility index (Phi) is 6.08. The maximum absolute atomic E-state index is 11.0. The Labute approximate surface area is 177 Å². The summed E-state index contributed by atoms with van der Waals surface area (Å²) in [5.41, 5.74) is 6.55. The number of hydrogen-bond acceptors (Lipinski definition) is 7. The van der Waals surface area contributed by atoms with Gasteiger partial charge in [0.05, 0.1) is 25.7 Å². The van der Waals surface area contributed by atoms with E-state index in [-0.39, 0.29) is 22.5 Å². The third-order valence-corrected chi connectivity index (χ3v) is 5.89. The quantitative estimate of drug-likeness (QED) is 0.167. The first-order valence-electron chi connectivity index (χ1n) is 7.98. The molecule has 1 aromatic heterocycles. The molecule has 9 nitrogen and oxygen atoms in total. The molecule has 0 radical (unpaired) electrons. The van der Waals surface area contributed by atoms with Gasteiger partial charge in [0, 0.05) is 12.3 Å². The smallest absolute Gasteiger partial charge is 0.302 e. The van der Waals surface area contributed by atoms with Gasteiger partial charge in [-0.1, -0.05) is 28.4 Å². The number of aromatic nitrogens is 1. The molecule has 0 aliphatic carbocycles. The molecule has 2 heterocycles. The molecule has 3 rings (SSSR count). The molecule has 28 heavy (non-hydrogen) atoms. The van der Waals surface area contributed by atoms with E-state index in [1.807, 2.05) is 0 Å². The lowest BCUT2D eigenvalue weighted by Gasteiger charge is -2.19. The van der Waals surface area contributed by atoms with E-state index in [1.165, 1.54) is 23.6 Å². The van der Waals surface area contributed by atoms with Gasteiger partial charge in [-0.2, -0.15) is 0 Å². The molecule has 1 aliphatic heterocycles. The SMILES string of the molecule is CC(=O)OC[C@H]1O[C@@H](n2c(Br)c(/C(N)=N/O)c3cc(Cl)c(Cl)cc32)C(O)C1O. The molecule has 0 saturated carbocycles. The number of halogens is 3. The second-order valence-corrected chi connectivity index (χ2v) is 7.72. The van der Waals surface area contributed by atoms with Crippen molar-refractivity contribution < 1.29 is 29.7 Å². The summed E-state index contributed by atoms with van der Waals surface area (Å²) < 4.78 is 12.4. The zero-order chi connectivity index (χ0) is 20.7. The summed E-state index contributed by atoms with van der Waals surface area (Å²) in [6, 6.07) is 3.06. The van der Waals surface area contributed by atoms with Crippen LogP contribution in [-0.2, 0) is 14.3 Å². The molecule has 1 saturated heterocycles. The number of aliphatic hydroxyl groups excluding tert-OH is 2. The number of aliphatic hydroxyl groups is 2. The number of oxime groups is 1. The van der Waals surface area contributed by atoms with Crippen molar-refractivity contribution in [2.75, 3.05) is 6.61 Å². The van der Waals surface area contributed by atoms with E-state index in [4.69, 9.17) is 43.6 Å². The van der Waals surface area contributed by atoms with Crippen molar-refractivity contribution in [1.29, 1.82) is 0 Å². The standard InChI is InChI=1S/C16H16BrCl2N3O6/c1-5(23)27-4-10-12(24)13(25)16(28-10)22-9-3-8(19)7(18)2-6(9)11(14(22)17)15(20)21-26/h2-3,10,12-13,16,24-26H,4H2,1H3,(H2,20,21)/t10-,12?,13?,16-/m1/s1. The Hall–Kier alpha value is -1.56. The van der Waals surface area contributed by atoms with Gasteiger partial charge in [-0.3, -0.25) is 4.79 Å². The minimum Gasteiger partial charge on any atom is -0.463 e. The monoisotopic (exact) mass is 495 g/mol. The van der Waals surface area contributed by atoms with Gasteiger partial charge in [-0.05, 0) is 28.1 Å². The first-order valence-corrected chi connectivity index (χ1v) is 9.53. The van der Waals surface area contributed by atoms with E-state index >= 15 is 0 Å². The van der Waals surface area contributed by atoms with E-state index in [1.54, 1.807) is 0 Å². The van der Waals surface area contributed by atoms with Crippen LogP contribution in [0.2, 0.25) is 10.0 Å². The van der Waals surface area contributed by atoms with Crippen molar-refractivity contribution in [3.63, 3.8) is 0 Å². The molecule has 5 N–H and O–H groups in total. The summed E-state index contributed by atoms with van der Waals surface area (Å²) in [4.78, 5) is 11.0. The Morgan fingerprint density at radius 1 is 1.36 bits per heavy atom. The second-order valence-electron chi connectivity index (χ2n) is 6.15. The number of rotatable bonds is 4. The third-order valence-electron chi connectivity index (χ3n) is 4.39. The summed E-state index contributed by atoms with van der Waals surface area (Å²) >= 11 is 15.6. The van der Waals surface area contributed by atoms with Crippen molar-refractivity contribution in [1.82, 2.24) is 4.57 Å². The molecule has 2 unspecified atom stereocenters. The number of ether oxygens (including phenoxy) is 2. The predicted octanol–water partition coefficient (Wildman–Crippen LogP) is 1.99. The van der Waals surface area contributed by atoms with Crippen LogP contribution in [0.15, 0.2) is 21.9 Å². The van der Waals surface area contributed by atoms with Crippen LogP contribution >= 0.6 is 39.1 Å². The van der Waals surface area contributed by atoms with Crippen LogP contribution in [0.25, 0.3) is 10.9 Å². The first kappa shape index (κ1) is 21.2. The maximum atomic E-state index is 11.0. The van der Waals surface area contributed by atoms with Crippen molar-refractivity contribution in [3.8, 4) is 0 Å². The van der Waals surface area contributed by atoms with Gasteiger partial charge in [-0.25, -0.2) is 0 Å². The summed E-state index contributed by atoms with van der Waals surface area (Å²) in [5.74, 6) is -0.754. The number of hydrogen-bond donors (Lipinski definition) is 4. The van der Waals surface area contributed by atoms with Crippen LogP contribution in [0.4, 0.5) is 0 Å². The summed E-state index contributed by atoms with van der Waals surface area (Å²) in [6.45, 7) is 0.987. The number of benzene rings is 1. The summed E-state index contributed by atoms with van der Waals surface area (Å²) in [5, 5.41) is 33.9. The molecule has 152 valence electrons. The number of nitrogens with zero attached hydrogens (tertiary/aromatic N) is 2. The molecular formula is C16H16BrCl2N3O6. The zero-order valence-corrected chi connectivity index (χ0v) is 17.4. The number of carbonyl (C=O) groups is 1. The molecule has 2 aromatic rings. The number of nitrogens with two attached hydrogens (primary N) is 1. The van der Waals surface area contributed by atoms with Gasteiger partial charge in [0.15, 0.2) is 12.1 Å². The van der Waals surface area contributed by atoms with E-state index in [0.717, 1.165) is 0 Å². The van der Waals surface area contributed by atoms with E-state index in [9.17, 15) is 15.0 Å². The van der Waals surface area contributed by atoms with Gasteiger partial charge < -0.3 is 35.2 Å². The van der Waals surface area contributed by atoms with Crippen LogP contribution in [0.3, 0.4) is 0 Å². The maximum Gasteiger partial charge on any atom is 0.302 e. The fourth-order valence-electron chi connectivity index (χ4n) is 3.10. The van der Waals surface area contributed by atoms with Crippen LogP contribution < -0.4 is 5.73 Å². The highest BCUT2D eigenvalue weighted by molar-refractivity contribution is 9.10. The predicted molar refractivity (Wildman–Crippen MR) is 105 cm³/mol. The Morgan fingerprint density at radius 2 is 2.00 bits per heavy atom. The average Bonchev–Trinajstić information content (AvgIpc) is 3.07. The van der Waals surface area contributed by atoms with Crippen molar-refractivity contribution in [2.24, 2.45) is 10.9 Å². The van der Waals surface area contributed by atoms with Gasteiger partial charge in [-0.15, -0.1) is 0 Å². The molecule has 0 amide bonds. The highest BCUT2D eigenvalue weighted by Crippen LogP contribution is 2.41. The Morgan fingerprint density at radius 3 is 2.61 bits per heavy atom. The lowest BCUT2D eigenvalue weighted by atomic mass is 10.1. The van der Waals surface area contributed by atoms with Gasteiger partial charge in [0.1, 0.15) is 24.9 Å². The topological polar surface area (TPSA) is 140 Å². The highest BCUT2D eigenvalue weighted by Gasteiger charge is 2.45. The minimum atomic E-state index is -1.36. The molecule has 0 spiro atoms. The number of carbonyl (C=O) groups excluding carboxylic acids is 1. The van der Waals surface area contributed by atoms with Crippen molar-refractivity contribution in [2.45, 2.75) is 31.5 Å². The van der Waals surface area contributed by atoms with Gasteiger partial charge in [0.2, 0.25) is 0 Å². The molecule has 1 fully saturated rings. The van der Waals surface area contributed by atoms with Crippen LogP contribution in [0, 0.1) is 0 Å². The average molecular weight is 497 g/mol. The fraction of sp³-hybridized carbons (Fsp3) is 0.375. The van der Waals surface area contributed by atoms with E-state index < -0.39 is 30.5 Å². The molecule has 1 aromatic carbocycles. The molecule has 0 bridgehead atoms. The summed E-state index contributed by atoms with van der Waals surface area (Å²) in [6.07, 6.45) is -4.71. The fourth-order valence-corrected chi connectivity index (χ4v) is 4.23. The van der Waals surface area contributed by atoms with Crippen molar-refractivity contribution in [3.05, 3.63) is 32.3 Å². The van der Waals surface area contributed by atoms with E-state index in [2.05, 4.69) is 21.1 Å². The van der Waals surface area contributed by atoms with Crippen molar-refractivity contribution >= 4 is 61.8 Å². The normalized spacial score (nSPS) is 25.4. The first-order chi connectivity index (χ1) is 13.2. The van der Waals surface area contributed by atoms with E-state index in [0.29, 0.717) is 21.1 Å². The van der Waals surface area contributed by atoms with Gasteiger partial charge >= 0.3 is 5.97 Å². The highest BCUT2D eigenvalue weighted by atomic mass is 79.9. The number of amidine groups is 1. The lowest BCUT2D eigenvalue weighted by Crippen LogP contribution is -2.34. The van der Waals surface area contributed by atoms with Crippen LogP contribution in [-0.4, -0.2) is 56.7 Å². The molecule has 4 atom stereocenters.